The maximum Gasteiger partial charge on any atom is 0.271 e. The van der Waals surface area contributed by atoms with Crippen LogP contribution in [0.1, 0.15) is 81.6 Å². The first-order chi connectivity index (χ1) is 16.3. The van der Waals surface area contributed by atoms with Gasteiger partial charge in [-0.1, -0.05) is 64.7 Å². The predicted molar refractivity (Wildman–Crippen MR) is 134 cm³/mol. The molecule has 1 aromatic carbocycles. The third kappa shape index (κ3) is 5.62. The lowest BCUT2D eigenvalue weighted by atomic mass is 10.1. The van der Waals surface area contributed by atoms with Gasteiger partial charge in [-0.2, -0.15) is 0 Å². The minimum absolute atomic E-state index is 0.177. The molecule has 6 nitrogen and oxygen atoms in total. The van der Waals surface area contributed by atoms with Gasteiger partial charge in [0.2, 0.25) is 0 Å². The molecule has 0 spiro atoms. The molecule has 0 unspecified atom stereocenters. The molecule has 0 aliphatic rings. The van der Waals surface area contributed by atoms with Crippen molar-refractivity contribution in [1.29, 1.82) is 0 Å². The summed E-state index contributed by atoms with van der Waals surface area (Å²) < 4.78 is 0. The number of benzene rings is 1. The van der Waals surface area contributed by atoms with Crippen LogP contribution in [-0.4, -0.2) is 32.4 Å². The molecule has 172 valence electrons. The molecule has 1 N–H and O–H groups in total. The first-order valence-corrected chi connectivity index (χ1v) is 12.4. The highest BCUT2D eigenvalue weighted by atomic mass is 16.1. The SMILES string of the molecule is CCCCCCCCCCCCNC(=O)c1cnc2c3cccnc3c3ncccc3c2n1. The van der Waals surface area contributed by atoms with Gasteiger partial charge in [-0.15, -0.1) is 0 Å². The fourth-order valence-corrected chi connectivity index (χ4v) is 4.36. The van der Waals surface area contributed by atoms with Crippen molar-refractivity contribution in [3.8, 4) is 0 Å². The van der Waals surface area contributed by atoms with E-state index in [9.17, 15) is 4.79 Å². The standard InChI is InChI=1S/C27H33N5O/c1-2-3-4-5-6-7-8-9-10-11-16-30-27(33)22-19-31-25-20-14-12-17-28-23(20)24-21(26(25)32-22)15-13-18-29-24/h12-15,17-19H,2-11,16H2,1H3,(H,30,33). The van der Waals surface area contributed by atoms with Gasteiger partial charge in [-0.3, -0.25) is 19.7 Å². The molecule has 1 amide bonds. The zero-order valence-corrected chi connectivity index (χ0v) is 19.5. The van der Waals surface area contributed by atoms with Crippen LogP contribution >= 0.6 is 0 Å². The van der Waals surface area contributed by atoms with Crippen molar-refractivity contribution in [3.05, 3.63) is 48.5 Å². The molecule has 6 heteroatoms. The number of pyridine rings is 2. The molecule has 4 rings (SSSR count). The van der Waals surface area contributed by atoms with Crippen LogP contribution in [-0.2, 0) is 0 Å². The van der Waals surface area contributed by atoms with E-state index in [2.05, 4.69) is 32.2 Å². The monoisotopic (exact) mass is 443 g/mol. The Morgan fingerprint density at radius 1 is 0.727 bits per heavy atom. The van der Waals surface area contributed by atoms with Crippen LogP contribution in [0.4, 0.5) is 0 Å². The number of unbranched alkanes of at least 4 members (excludes halogenated alkanes) is 9. The van der Waals surface area contributed by atoms with E-state index in [0.717, 1.165) is 40.2 Å². The van der Waals surface area contributed by atoms with Gasteiger partial charge in [0.15, 0.2) is 0 Å². The molecule has 0 bridgehead atoms. The number of hydrogen-bond acceptors (Lipinski definition) is 5. The minimum atomic E-state index is -0.177. The molecule has 3 heterocycles. The van der Waals surface area contributed by atoms with E-state index in [1.165, 1.54) is 51.4 Å². The Labute approximate surface area is 195 Å². The fourth-order valence-electron chi connectivity index (χ4n) is 4.36. The van der Waals surface area contributed by atoms with Crippen LogP contribution in [0.3, 0.4) is 0 Å². The number of fused-ring (bicyclic) bond motifs is 6. The summed E-state index contributed by atoms with van der Waals surface area (Å²) in [6.07, 6.45) is 17.8. The number of rotatable bonds is 12. The predicted octanol–water partition coefficient (Wildman–Crippen LogP) is 6.38. The average Bonchev–Trinajstić information content (AvgIpc) is 2.87. The Bertz CT molecular complexity index is 1190. The molecule has 33 heavy (non-hydrogen) atoms. The van der Waals surface area contributed by atoms with Crippen molar-refractivity contribution in [1.82, 2.24) is 25.3 Å². The fraction of sp³-hybridized carbons (Fsp3) is 0.444. The van der Waals surface area contributed by atoms with Gasteiger partial charge in [-0.25, -0.2) is 4.98 Å². The second-order valence-electron chi connectivity index (χ2n) is 8.69. The Kier molecular flexibility index (Phi) is 8.12. The van der Waals surface area contributed by atoms with Crippen molar-refractivity contribution in [2.75, 3.05) is 6.54 Å². The Hall–Kier alpha value is -3.15. The molecule has 0 atom stereocenters. The van der Waals surface area contributed by atoms with Gasteiger partial charge in [0, 0.05) is 29.7 Å². The summed E-state index contributed by atoms with van der Waals surface area (Å²) in [5.74, 6) is -0.177. The molecular formula is C27H33N5O. The van der Waals surface area contributed by atoms with E-state index in [1.807, 2.05) is 24.3 Å². The van der Waals surface area contributed by atoms with E-state index >= 15 is 0 Å². The van der Waals surface area contributed by atoms with Gasteiger partial charge < -0.3 is 5.32 Å². The van der Waals surface area contributed by atoms with Crippen LogP contribution < -0.4 is 5.32 Å². The molecule has 3 aromatic heterocycles. The Balaban J connectivity index is 1.34. The minimum Gasteiger partial charge on any atom is -0.351 e. The molecule has 0 fully saturated rings. The summed E-state index contributed by atoms with van der Waals surface area (Å²) in [6, 6.07) is 7.68. The molecule has 0 radical (unpaired) electrons. The maximum atomic E-state index is 12.7. The summed E-state index contributed by atoms with van der Waals surface area (Å²) in [6.45, 7) is 2.92. The third-order valence-electron chi connectivity index (χ3n) is 6.17. The van der Waals surface area contributed by atoms with Gasteiger partial charge in [0.1, 0.15) is 5.69 Å². The Morgan fingerprint density at radius 2 is 1.27 bits per heavy atom. The van der Waals surface area contributed by atoms with Crippen molar-refractivity contribution in [3.63, 3.8) is 0 Å². The van der Waals surface area contributed by atoms with Crippen molar-refractivity contribution in [2.24, 2.45) is 0 Å². The molecule has 0 saturated heterocycles. The quantitative estimate of drug-likeness (QED) is 0.203. The van der Waals surface area contributed by atoms with E-state index in [0.29, 0.717) is 17.8 Å². The molecule has 0 aliphatic carbocycles. The first kappa shape index (κ1) is 23.0. The number of hydrogen-bond donors (Lipinski definition) is 1. The topological polar surface area (TPSA) is 80.7 Å². The smallest absolute Gasteiger partial charge is 0.271 e. The number of amides is 1. The highest BCUT2D eigenvalue weighted by molar-refractivity contribution is 6.20. The normalized spacial score (nSPS) is 11.4. The number of nitrogens with zero attached hydrogens (tertiary/aromatic N) is 4. The van der Waals surface area contributed by atoms with Crippen LogP contribution in [0.15, 0.2) is 42.9 Å². The van der Waals surface area contributed by atoms with Crippen LogP contribution in [0.2, 0.25) is 0 Å². The summed E-state index contributed by atoms with van der Waals surface area (Å²) in [5, 5.41) is 4.75. The van der Waals surface area contributed by atoms with E-state index < -0.39 is 0 Å². The second-order valence-corrected chi connectivity index (χ2v) is 8.69. The summed E-state index contributed by atoms with van der Waals surface area (Å²) in [5.41, 5.74) is 3.34. The highest BCUT2D eigenvalue weighted by Gasteiger charge is 2.15. The van der Waals surface area contributed by atoms with Crippen molar-refractivity contribution < 1.29 is 4.79 Å². The highest BCUT2D eigenvalue weighted by Crippen LogP contribution is 2.30. The summed E-state index contributed by atoms with van der Waals surface area (Å²) in [7, 11) is 0. The summed E-state index contributed by atoms with van der Waals surface area (Å²) >= 11 is 0. The number of carbonyl (C=O) groups is 1. The molecule has 4 aromatic rings. The van der Waals surface area contributed by atoms with Crippen molar-refractivity contribution in [2.45, 2.75) is 71.1 Å². The van der Waals surface area contributed by atoms with Crippen LogP contribution in [0.5, 0.6) is 0 Å². The Morgan fingerprint density at radius 3 is 1.91 bits per heavy atom. The molecule has 0 saturated carbocycles. The van der Waals surface area contributed by atoms with Gasteiger partial charge in [0.25, 0.3) is 5.91 Å². The van der Waals surface area contributed by atoms with E-state index in [1.54, 1.807) is 18.6 Å². The lowest BCUT2D eigenvalue weighted by Crippen LogP contribution is -2.25. The number of nitrogens with one attached hydrogen (secondary N) is 1. The van der Waals surface area contributed by atoms with Gasteiger partial charge in [-0.05, 0) is 30.7 Å². The van der Waals surface area contributed by atoms with Gasteiger partial charge >= 0.3 is 0 Å². The van der Waals surface area contributed by atoms with Crippen LogP contribution in [0, 0.1) is 0 Å². The average molecular weight is 444 g/mol. The van der Waals surface area contributed by atoms with Crippen molar-refractivity contribution >= 4 is 38.7 Å². The lowest BCUT2D eigenvalue weighted by Gasteiger charge is -2.09. The number of carbonyl (C=O) groups excluding carboxylic acids is 1. The third-order valence-corrected chi connectivity index (χ3v) is 6.17. The summed E-state index contributed by atoms with van der Waals surface area (Å²) in [4.78, 5) is 31.0. The first-order valence-electron chi connectivity index (χ1n) is 12.4. The lowest BCUT2D eigenvalue weighted by molar-refractivity contribution is 0.0948. The van der Waals surface area contributed by atoms with E-state index in [4.69, 9.17) is 0 Å². The second kappa shape index (κ2) is 11.6. The number of aromatic nitrogens is 4. The van der Waals surface area contributed by atoms with E-state index in [-0.39, 0.29) is 5.91 Å². The zero-order valence-electron chi connectivity index (χ0n) is 19.5. The largest absolute Gasteiger partial charge is 0.351 e. The molecule has 0 aliphatic heterocycles. The maximum absolute atomic E-state index is 12.7. The van der Waals surface area contributed by atoms with Crippen LogP contribution in [0.25, 0.3) is 32.8 Å². The zero-order chi connectivity index (χ0) is 22.9. The molecular weight excluding hydrogens is 410 g/mol. The van der Waals surface area contributed by atoms with Gasteiger partial charge in [0.05, 0.1) is 28.3 Å².